The fourth-order valence-electron chi connectivity index (χ4n) is 2.20. The average molecular weight is 284 g/mol. The van der Waals surface area contributed by atoms with Gasteiger partial charge in [-0.15, -0.1) is 0 Å². The summed E-state index contributed by atoms with van der Waals surface area (Å²) in [4.78, 5) is 0.397. The first kappa shape index (κ1) is 16.1. The van der Waals surface area contributed by atoms with Gasteiger partial charge in [0.25, 0.3) is 0 Å². The van der Waals surface area contributed by atoms with Gasteiger partial charge < -0.3 is 5.73 Å². The molecule has 2 N–H and O–H groups in total. The summed E-state index contributed by atoms with van der Waals surface area (Å²) in [5.74, 6) is 0. The van der Waals surface area contributed by atoms with Crippen LogP contribution in [0.25, 0.3) is 0 Å². The van der Waals surface area contributed by atoms with Gasteiger partial charge in [0.2, 0.25) is 10.0 Å². The van der Waals surface area contributed by atoms with Crippen molar-refractivity contribution in [3.05, 3.63) is 29.3 Å². The standard InChI is InChI=1S/C14H24N2O2S/c1-5-13-8-7-12(10-15)9-14(13)19(17,18)16(6-2)11(3)4/h7-9,11H,5-6,10,15H2,1-4H3. The van der Waals surface area contributed by atoms with E-state index in [1.165, 1.54) is 4.31 Å². The van der Waals surface area contributed by atoms with Crippen LogP contribution in [-0.4, -0.2) is 25.3 Å². The van der Waals surface area contributed by atoms with Crippen LogP contribution in [0.2, 0.25) is 0 Å². The van der Waals surface area contributed by atoms with Crippen molar-refractivity contribution < 1.29 is 8.42 Å². The molecule has 0 aromatic heterocycles. The lowest BCUT2D eigenvalue weighted by Crippen LogP contribution is -2.37. The molecule has 19 heavy (non-hydrogen) atoms. The van der Waals surface area contributed by atoms with Gasteiger partial charge in [0.15, 0.2) is 0 Å². The maximum atomic E-state index is 12.7. The Balaban J connectivity index is 3.41. The molecule has 0 saturated heterocycles. The van der Waals surface area contributed by atoms with E-state index >= 15 is 0 Å². The van der Waals surface area contributed by atoms with Crippen molar-refractivity contribution >= 4 is 10.0 Å². The van der Waals surface area contributed by atoms with E-state index in [1.54, 1.807) is 6.07 Å². The zero-order valence-corrected chi connectivity index (χ0v) is 13.0. The number of rotatable bonds is 6. The highest BCUT2D eigenvalue weighted by atomic mass is 32.2. The molecule has 0 atom stereocenters. The predicted molar refractivity (Wildman–Crippen MR) is 78.4 cm³/mol. The quantitative estimate of drug-likeness (QED) is 0.870. The number of aryl methyl sites for hydroxylation is 1. The van der Waals surface area contributed by atoms with Crippen molar-refractivity contribution in [1.82, 2.24) is 4.31 Å². The van der Waals surface area contributed by atoms with Crippen LogP contribution in [0, 0.1) is 0 Å². The average Bonchev–Trinajstić information content (AvgIpc) is 2.37. The second-order valence-corrected chi connectivity index (χ2v) is 6.66. The highest BCUT2D eigenvalue weighted by Gasteiger charge is 2.27. The van der Waals surface area contributed by atoms with E-state index in [-0.39, 0.29) is 6.04 Å². The molecule has 0 spiro atoms. The molecular weight excluding hydrogens is 260 g/mol. The fraction of sp³-hybridized carbons (Fsp3) is 0.571. The predicted octanol–water partition coefficient (Wildman–Crippen LogP) is 2.13. The molecule has 0 radical (unpaired) electrons. The van der Waals surface area contributed by atoms with Crippen LogP contribution in [0.3, 0.4) is 0 Å². The zero-order chi connectivity index (χ0) is 14.6. The van der Waals surface area contributed by atoms with Gasteiger partial charge in [0.05, 0.1) is 4.90 Å². The van der Waals surface area contributed by atoms with Gasteiger partial charge in [-0.2, -0.15) is 4.31 Å². The normalized spacial score (nSPS) is 12.4. The summed E-state index contributed by atoms with van der Waals surface area (Å²) >= 11 is 0. The summed E-state index contributed by atoms with van der Waals surface area (Å²) in [5, 5.41) is 0. The number of benzene rings is 1. The lowest BCUT2D eigenvalue weighted by atomic mass is 10.1. The monoisotopic (exact) mass is 284 g/mol. The molecule has 1 aromatic carbocycles. The van der Waals surface area contributed by atoms with Gasteiger partial charge in [0.1, 0.15) is 0 Å². The highest BCUT2D eigenvalue weighted by molar-refractivity contribution is 7.89. The van der Waals surface area contributed by atoms with Crippen LogP contribution >= 0.6 is 0 Å². The van der Waals surface area contributed by atoms with E-state index in [1.807, 2.05) is 39.8 Å². The summed E-state index contributed by atoms with van der Waals surface area (Å²) in [6.45, 7) is 8.41. The van der Waals surface area contributed by atoms with Crippen molar-refractivity contribution in [3.8, 4) is 0 Å². The zero-order valence-electron chi connectivity index (χ0n) is 12.2. The smallest absolute Gasteiger partial charge is 0.243 e. The van der Waals surface area contributed by atoms with Crippen molar-refractivity contribution in [2.75, 3.05) is 6.54 Å². The molecule has 0 saturated carbocycles. The lowest BCUT2D eigenvalue weighted by Gasteiger charge is -2.25. The van der Waals surface area contributed by atoms with E-state index in [4.69, 9.17) is 5.73 Å². The topological polar surface area (TPSA) is 63.4 Å². The Morgan fingerprint density at radius 3 is 2.32 bits per heavy atom. The molecule has 0 aliphatic rings. The Morgan fingerprint density at radius 2 is 1.89 bits per heavy atom. The fourth-order valence-corrected chi connectivity index (χ4v) is 4.19. The van der Waals surface area contributed by atoms with Crippen LogP contribution in [-0.2, 0) is 23.0 Å². The molecule has 0 heterocycles. The molecule has 0 amide bonds. The summed E-state index contributed by atoms with van der Waals surface area (Å²) in [6.07, 6.45) is 0.690. The molecule has 5 heteroatoms. The van der Waals surface area contributed by atoms with Gasteiger partial charge in [0, 0.05) is 19.1 Å². The molecule has 0 bridgehead atoms. The SMILES string of the molecule is CCc1ccc(CN)cc1S(=O)(=O)N(CC)C(C)C. The minimum Gasteiger partial charge on any atom is -0.326 e. The lowest BCUT2D eigenvalue weighted by molar-refractivity contribution is 0.369. The van der Waals surface area contributed by atoms with Crippen molar-refractivity contribution in [1.29, 1.82) is 0 Å². The van der Waals surface area contributed by atoms with Gasteiger partial charge in [-0.25, -0.2) is 8.42 Å². The minimum atomic E-state index is -3.45. The molecule has 108 valence electrons. The van der Waals surface area contributed by atoms with E-state index in [0.717, 1.165) is 11.1 Å². The highest BCUT2D eigenvalue weighted by Crippen LogP contribution is 2.23. The summed E-state index contributed by atoms with van der Waals surface area (Å²) in [7, 11) is -3.45. The van der Waals surface area contributed by atoms with Crippen molar-refractivity contribution in [2.24, 2.45) is 5.73 Å². The van der Waals surface area contributed by atoms with Crippen LogP contribution in [0.15, 0.2) is 23.1 Å². The molecule has 0 unspecified atom stereocenters. The third kappa shape index (κ3) is 3.35. The Hall–Kier alpha value is -0.910. The third-order valence-corrected chi connectivity index (χ3v) is 5.46. The second-order valence-electron chi connectivity index (χ2n) is 4.80. The van der Waals surface area contributed by atoms with Gasteiger partial charge in [-0.3, -0.25) is 0 Å². The van der Waals surface area contributed by atoms with Gasteiger partial charge >= 0.3 is 0 Å². The van der Waals surface area contributed by atoms with E-state index < -0.39 is 10.0 Å². The summed E-state index contributed by atoms with van der Waals surface area (Å²) in [6, 6.07) is 5.41. The van der Waals surface area contributed by atoms with Gasteiger partial charge in [-0.1, -0.05) is 26.0 Å². The molecule has 4 nitrogen and oxygen atoms in total. The van der Waals surface area contributed by atoms with Crippen molar-refractivity contribution in [3.63, 3.8) is 0 Å². The number of nitrogens with two attached hydrogens (primary N) is 1. The number of hydrogen-bond donors (Lipinski definition) is 1. The Kier molecular flexibility index (Phi) is 5.52. The first-order valence-corrected chi connectivity index (χ1v) is 8.16. The maximum Gasteiger partial charge on any atom is 0.243 e. The number of sulfonamides is 1. The number of nitrogens with zero attached hydrogens (tertiary/aromatic N) is 1. The van der Waals surface area contributed by atoms with Gasteiger partial charge in [-0.05, 0) is 37.5 Å². The third-order valence-electron chi connectivity index (χ3n) is 3.22. The van der Waals surface area contributed by atoms with Crippen LogP contribution < -0.4 is 5.73 Å². The molecule has 1 rings (SSSR count). The molecule has 1 aromatic rings. The Labute approximate surface area is 116 Å². The van der Waals surface area contributed by atoms with Crippen LogP contribution in [0.1, 0.15) is 38.8 Å². The molecular formula is C14H24N2O2S. The largest absolute Gasteiger partial charge is 0.326 e. The maximum absolute atomic E-state index is 12.7. The van der Waals surface area contributed by atoms with E-state index in [0.29, 0.717) is 24.4 Å². The Bertz CT molecular complexity index is 524. The van der Waals surface area contributed by atoms with Crippen molar-refractivity contribution in [2.45, 2.75) is 51.6 Å². The molecule has 0 aliphatic heterocycles. The van der Waals surface area contributed by atoms with Crippen LogP contribution in [0.5, 0.6) is 0 Å². The summed E-state index contributed by atoms with van der Waals surface area (Å²) < 4.78 is 27.0. The minimum absolute atomic E-state index is 0.0544. The van der Waals surface area contributed by atoms with E-state index in [2.05, 4.69) is 0 Å². The Morgan fingerprint density at radius 1 is 1.26 bits per heavy atom. The molecule has 0 fully saturated rings. The summed E-state index contributed by atoms with van der Waals surface area (Å²) in [5.41, 5.74) is 7.30. The first-order chi connectivity index (χ1) is 8.88. The second kappa shape index (κ2) is 6.50. The number of hydrogen-bond acceptors (Lipinski definition) is 3. The van der Waals surface area contributed by atoms with Crippen LogP contribution in [0.4, 0.5) is 0 Å². The van der Waals surface area contributed by atoms with E-state index in [9.17, 15) is 8.42 Å². The molecule has 0 aliphatic carbocycles. The first-order valence-electron chi connectivity index (χ1n) is 6.72.